The molecule has 0 bridgehead atoms. The first-order valence-corrected chi connectivity index (χ1v) is 13.6. The summed E-state index contributed by atoms with van der Waals surface area (Å²) in [4.78, 5) is 65.0. The van der Waals surface area contributed by atoms with Crippen LogP contribution in [0.1, 0.15) is 59.2 Å². The molecule has 2 heterocycles. The van der Waals surface area contributed by atoms with E-state index in [0.717, 1.165) is 0 Å². The van der Waals surface area contributed by atoms with E-state index in [1.807, 2.05) is 0 Å². The Morgan fingerprint density at radius 3 is 2.07 bits per heavy atom. The molecule has 1 fully saturated rings. The van der Waals surface area contributed by atoms with Gasteiger partial charge in [-0.1, -0.05) is 12.5 Å². The summed E-state index contributed by atoms with van der Waals surface area (Å²) in [5, 5.41) is 34.3. The van der Waals surface area contributed by atoms with Gasteiger partial charge in [-0.15, -0.1) is 5.06 Å². The number of hydrogen-bond donors (Lipinski definition) is 4. The van der Waals surface area contributed by atoms with Crippen molar-refractivity contribution in [1.29, 1.82) is 0 Å². The molecule has 1 aliphatic rings. The van der Waals surface area contributed by atoms with E-state index < -0.39 is 29.7 Å². The Balaban J connectivity index is 1.27. The van der Waals surface area contributed by atoms with E-state index in [0.29, 0.717) is 46.2 Å². The second-order valence-corrected chi connectivity index (χ2v) is 10.0. The van der Waals surface area contributed by atoms with E-state index in [1.165, 1.54) is 42.5 Å². The smallest absolute Gasteiger partial charge is 0.365 e. The van der Waals surface area contributed by atoms with Crippen molar-refractivity contribution in [1.82, 2.24) is 10.4 Å². The largest absolute Gasteiger partial charge is 0.508 e. The van der Waals surface area contributed by atoms with Crippen LogP contribution in [0.3, 0.4) is 0 Å². The number of nitrogens with one attached hydrogen (secondary N) is 1. The maximum Gasteiger partial charge on any atom is 0.365 e. The molecular weight excluding hydrogens is 560 g/mol. The number of carbonyl (C=O) groups excluding carboxylic acids is 4. The highest BCUT2D eigenvalue weighted by Gasteiger charge is 2.32. The Kier molecular flexibility index (Phi) is 8.19. The Morgan fingerprint density at radius 2 is 1.47 bits per heavy atom. The number of amides is 3. The quantitative estimate of drug-likeness (QED) is 0.0889. The van der Waals surface area contributed by atoms with Crippen LogP contribution in [0, 0.1) is 0 Å². The molecule has 4 N–H and O–H groups in total. The highest BCUT2D eigenvalue weighted by Crippen LogP contribution is 2.40. The first-order chi connectivity index (χ1) is 20.6. The lowest BCUT2D eigenvalue weighted by molar-refractivity contribution is -0.197. The van der Waals surface area contributed by atoms with Crippen LogP contribution in [0.5, 0.6) is 11.5 Å². The highest BCUT2D eigenvalue weighted by molar-refractivity contribution is 6.13. The Morgan fingerprint density at radius 1 is 0.837 bits per heavy atom. The maximum absolute atomic E-state index is 12.8. The van der Waals surface area contributed by atoms with Gasteiger partial charge in [-0.2, -0.15) is 0 Å². The molecule has 12 heteroatoms. The molecule has 0 aliphatic carbocycles. The SMILES string of the molecule is O=C(CCCCCNC(=O)c1ccc(-c2c3ccc(O)cc3[o+]c3cc(O)ccc23)c(C(=O)O)c1)ON1C(=O)CCC1=O. The van der Waals surface area contributed by atoms with Gasteiger partial charge in [0, 0.05) is 36.9 Å². The van der Waals surface area contributed by atoms with Gasteiger partial charge in [0.15, 0.2) is 0 Å². The molecule has 4 aromatic rings. The fraction of sp³-hybridized carbons (Fsp3) is 0.226. The Labute approximate surface area is 244 Å². The molecule has 1 aliphatic heterocycles. The van der Waals surface area contributed by atoms with Crippen LogP contribution in [0.4, 0.5) is 0 Å². The van der Waals surface area contributed by atoms with E-state index in [4.69, 9.17) is 9.25 Å². The predicted octanol–water partition coefficient (Wildman–Crippen LogP) is 4.54. The summed E-state index contributed by atoms with van der Waals surface area (Å²) in [5.41, 5.74) is 1.37. The molecule has 220 valence electrons. The monoisotopic (exact) mass is 587 g/mol. The van der Waals surface area contributed by atoms with E-state index in [1.54, 1.807) is 12.1 Å². The van der Waals surface area contributed by atoms with Gasteiger partial charge in [-0.05, 0) is 54.8 Å². The normalized spacial score (nSPS) is 13.1. The number of carboxylic acids is 1. The number of hydroxylamine groups is 2. The van der Waals surface area contributed by atoms with Crippen LogP contribution in [-0.4, -0.2) is 56.6 Å². The van der Waals surface area contributed by atoms with Crippen LogP contribution in [-0.2, 0) is 19.2 Å². The zero-order chi connectivity index (χ0) is 30.7. The average Bonchev–Trinajstić information content (AvgIpc) is 3.29. The molecule has 12 nitrogen and oxygen atoms in total. The van der Waals surface area contributed by atoms with Gasteiger partial charge in [0.05, 0.1) is 28.5 Å². The van der Waals surface area contributed by atoms with E-state index in [2.05, 4.69) is 5.32 Å². The van der Waals surface area contributed by atoms with Crippen LogP contribution in [0.2, 0.25) is 0 Å². The standard InChI is InChI=1S/C31H26N2O10/c34-18-6-9-21-24(15-18)42-25-16-19(35)7-10-22(25)29(21)20-8-5-17(14-23(20)31(40)41)30(39)32-13-3-1-2-4-28(38)43-33-26(36)11-12-27(33)37/h5-10,14-16H,1-4,11-13H2,(H3-,32,34,35,39,40,41)/p+1. The Bertz CT molecular complexity index is 1720. The van der Waals surface area contributed by atoms with Gasteiger partial charge in [0.25, 0.3) is 17.7 Å². The topological polar surface area (TPSA) is 182 Å². The molecule has 5 rings (SSSR count). The molecule has 3 amide bonds. The van der Waals surface area contributed by atoms with Crippen molar-refractivity contribution in [2.45, 2.75) is 38.5 Å². The van der Waals surface area contributed by atoms with Gasteiger partial charge >= 0.3 is 23.1 Å². The number of aromatic hydroxyl groups is 2. The minimum atomic E-state index is -1.26. The molecular formula is C31H27N2O10+. The van der Waals surface area contributed by atoms with Crippen molar-refractivity contribution in [3.8, 4) is 22.6 Å². The molecule has 3 aromatic carbocycles. The number of nitrogens with zero attached hydrogens (tertiary/aromatic N) is 1. The number of phenolic OH excluding ortho intramolecular Hbond substituents is 2. The third-order valence-corrected chi connectivity index (χ3v) is 7.01. The lowest BCUT2D eigenvalue weighted by atomic mass is 9.92. The van der Waals surface area contributed by atoms with Gasteiger partial charge in [-0.3, -0.25) is 14.4 Å². The molecule has 0 saturated carbocycles. The second kappa shape index (κ2) is 12.1. The maximum atomic E-state index is 12.8. The summed E-state index contributed by atoms with van der Waals surface area (Å²) in [7, 11) is 0. The summed E-state index contributed by atoms with van der Waals surface area (Å²) in [6, 6.07) is 13.2. The number of carboxylic acid groups (broad SMARTS) is 1. The zero-order valence-electron chi connectivity index (χ0n) is 22.8. The van der Waals surface area contributed by atoms with Crippen molar-refractivity contribution in [3.63, 3.8) is 0 Å². The summed E-state index contributed by atoms with van der Waals surface area (Å²) in [5.74, 6) is -3.61. The minimum absolute atomic E-state index is 0.00377. The summed E-state index contributed by atoms with van der Waals surface area (Å²) in [6.45, 7) is 0.267. The second-order valence-electron chi connectivity index (χ2n) is 10.0. The molecule has 1 aromatic heterocycles. The Hall–Kier alpha value is -5.52. The number of benzene rings is 3. The molecule has 0 spiro atoms. The number of imide groups is 1. The number of rotatable bonds is 10. The molecule has 1 saturated heterocycles. The predicted molar refractivity (Wildman–Crippen MR) is 152 cm³/mol. The zero-order valence-corrected chi connectivity index (χ0v) is 22.8. The summed E-state index contributed by atoms with van der Waals surface area (Å²) >= 11 is 0. The lowest BCUT2D eigenvalue weighted by Crippen LogP contribution is -2.31. The van der Waals surface area contributed by atoms with Gasteiger partial charge in [0.2, 0.25) is 0 Å². The first-order valence-electron chi connectivity index (χ1n) is 13.6. The molecule has 0 unspecified atom stereocenters. The molecule has 0 radical (unpaired) electrons. The third kappa shape index (κ3) is 6.22. The van der Waals surface area contributed by atoms with Crippen LogP contribution < -0.4 is 5.32 Å². The summed E-state index contributed by atoms with van der Waals surface area (Å²) < 4.78 is 5.87. The highest BCUT2D eigenvalue weighted by atomic mass is 16.7. The number of phenols is 2. The number of hydrogen-bond acceptors (Lipinski definition) is 8. The van der Waals surface area contributed by atoms with Crippen molar-refractivity contribution in [3.05, 3.63) is 65.7 Å². The van der Waals surface area contributed by atoms with E-state index in [9.17, 15) is 39.3 Å². The lowest BCUT2D eigenvalue weighted by Gasteiger charge is -2.12. The fourth-order valence-electron chi connectivity index (χ4n) is 4.92. The van der Waals surface area contributed by atoms with E-state index >= 15 is 0 Å². The minimum Gasteiger partial charge on any atom is -0.508 e. The van der Waals surface area contributed by atoms with Crippen molar-refractivity contribution >= 4 is 51.6 Å². The fourth-order valence-corrected chi connectivity index (χ4v) is 4.92. The number of unbranched alkanes of at least 4 members (excludes halogenated alkanes) is 2. The first kappa shape index (κ1) is 29.0. The number of carbonyl (C=O) groups is 5. The molecule has 43 heavy (non-hydrogen) atoms. The van der Waals surface area contributed by atoms with Gasteiger partial charge in [0.1, 0.15) is 11.5 Å². The summed E-state index contributed by atoms with van der Waals surface area (Å²) in [6.07, 6.45) is 1.55. The van der Waals surface area contributed by atoms with Crippen molar-refractivity contribution in [2.75, 3.05) is 6.54 Å². The van der Waals surface area contributed by atoms with E-state index in [-0.39, 0.29) is 59.6 Å². The number of aromatic carboxylic acids is 1. The van der Waals surface area contributed by atoms with Crippen LogP contribution in [0.25, 0.3) is 33.1 Å². The van der Waals surface area contributed by atoms with Crippen molar-refractivity contribution in [2.24, 2.45) is 0 Å². The van der Waals surface area contributed by atoms with Gasteiger partial charge in [-0.25, -0.2) is 14.0 Å². The van der Waals surface area contributed by atoms with Gasteiger partial charge < -0.3 is 25.5 Å². The van der Waals surface area contributed by atoms with Crippen LogP contribution >= 0.6 is 0 Å². The van der Waals surface area contributed by atoms with Crippen molar-refractivity contribution < 1.29 is 48.5 Å². The number of fused-ring (bicyclic) bond motifs is 2. The average molecular weight is 588 g/mol. The van der Waals surface area contributed by atoms with Crippen LogP contribution in [0.15, 0.2) is 59.0 Å². The molecule has 0 atom stereocenters. The third-order valence-electron chi connectivity index (χ3n) is 7.01.